The highest BCUT2D eigenvalue weighted by atomic mass is 32.2. The fourth-order valence-electron chi connectivity index (χ4n) is 1.25. The molecule has 0 saturated carbocycles. The Morgan fingerprint density at radius 1 is 1.31 bits per heavy atom. The van der Waals surface area contributed by atoms with Crippen LogP contribution >= 0.6 is 0 Å². The maximum Gasteiger partial charge on any atom is 0.221 e. The fraction of sp³-hybridized carbons (Fsp3) is 0.556. The zero-order chi connectivity index (χ0) is 10.1. The van der Waals surface area contributed by atoms with Crippen molar-refractivity contribution in [3.05, 3.63) is 11.1 Å². The first kappa shape index (κ1) is 9.95. The summed E-state index contributed by atoms with van der Waals surface area (Å²) in [6, 6.07) is 3.74. The molecule has 0 N–H and O–H groups in total. The van der Waals surface area contributed by atoms with Crippen molar-refractivity contribution in [3.63, 3.8) is 0 Å². The van der Waals surface area contributed by atoms with Crippen LogP contribution in [0.4, 0.5) is 0 Å². The molecule has 0 spiro atoms. The molecule has 0 aromatic heterocycles. The number of rotatable bonds is 0. The number of hydrogen-bond acceptors (Lipinski definition) is 3. The second kappa shape index (κ2) is 3.32. The van der Waals surface area contributed by atoms with Crippen molar-refractivity contribution < 1.29 is 4.21 Å². The Balaban J connectivity index is 3.16. The van der Waals surface area contributed by atoms with Gasteiger partial charge in [-0.25, -0.2) is 0 Å². The van der Waals surface area contributed by atoms with E-state index in [9.17, 15) is 4.21 Å². The van der Waals surface area contributed by atoms with Crippen LogP contribution in [-0.4, -0.2) is 14.7 Å². The third-order valence-electron chi connectivity index (χ3n) is 2.34. The summed E-state index contributed by atoms with van der Waals surface area (Å²) in [5, 5.41) is 17.7. The van der Waals surface area contributed by atoms with Crippen molar-refractivity contribution in [2.45, 2.75) is 25.0 Å². The molecule has 1 heterocycles. The molecule has 68 valence electrons. The van der Waals surface area contributed by atoms with E-state index >= 15 is 0 Å². The summed E-state index contributed by atoms with van der Waals surface area (Å²) >= 11 is 0. The summed E-state index contributed by atoms with van der Waals surface area (Å²) in [6.45, 7) is 3.78. The minimum absolute atomic E-state index is 0.318. The zero-order valence-corrected chi connectivity index (χ0v) is 8.44. The molecule has 1 aliphatic rings. The minimum atomic E-state index is -1.37. The topological polar surface area (TPSA) is 64.7 Å². The molecule has 1 rings (SSSR count). The van der Waals surface area contributed by atoms with E-state index in [1.54, 1.807) is 0 Å². The summed E-state index contributed by atoms with van der Waals surface area (Å²) < 4.78 is 10.3. The SMILES string of the molecule is CC1=C(C)CC(C#N)(C#N)S(=O)C1. The normalized spacial score (nSPS) is 26.3. The van der Waals surface area contributed by atoms with Gasteiger partial charge in [0.05, 0.1) is 22.9 Å². The molecular formula is C9H10N2OS. The first-order valence-electron chi connectivity index (χ1n) is 3.92. The van der Waals surface area contributed by atoms with Gasteiger partial charge in [-0.2, -0.15) is 10.5 Å². The van der Waals surface area contributed by atoms with Crippen LogP contribution < -0.4 is 0 Å². The van der Waals surface area contributed by atoms with Crippen molar-refractivity contribution in [2.24, 2.45) is 0 Å². The average molecular weight is 194 g/mol. The van der Waals surface area contributed by atoms with Crippen molar-refractivity contribution in [2.75, 3.05) is 5.75 Å². The standard InChI is InChI=1S/C9H10N2OS/c1-7-3-9(5-10,6-11)13(12)4-8(7)2/h3-4H2,1-2H3. The molecule has 0 aromatic rings. The zero-order valence-electron chi connectivity index (χ0n) is 7.63. The average Bonchev–Trinajstić information content (AvgIpc) is 2.12. The van der Waals surface area contributed by atoms with E-state index in [2.05, 4.69) is 0 Å². The number of allylic oxidation sites excluding steroid dienone is 1. The molecule has 3 nitrogen and oxygen atoms in total. The summed E-state index contributed by atoms with van der Waals surface area (Å²) in [5.41, 5.74) is 2.06. The molecule has 0 fully saturated rings. The summed E-state index contributed by atoms with van der Waals surface area (Å²) in [4.78, 5) is 0. The largest absolute Gasteiger partial charge is 0.256 e. The van der Waals surface area contributed by atoms with Crippen LogP contribution in [0.1, 0.15) is 20.3 Å². The van der Waals surface area contributed by atoms with Crippen LogP contribution in [-0.2, 0) is 10.8 Å². The van der Waals surface area contributed by atoms with Gasteiger partial charge in [0.2, 0.25) is 4.75 Å². The maximum atomic E-state index is 11.6. The highest BCUT2D eigenvalue weighted by Gasteiger charge is 2.40. The Bertz CT molecular complexity index is 356. The maximum absolute atomic E-state index is 11.6. The van der Waals surface area contributed by atoms with Gasteiger partial charge in [0.15, 0.2) is 0 Å². The predicted molar refractivity (Wildman–Crippen MR) is 50.0 cm³/mol. The van der Waals surface area contributed by atoms with Crippen LogP contribution in [0.25, 0.3) is 0 Å². The van der Waals surface area contributed by atoms with E-state index in [4.69, 9.17) is 10.5 Å². The van der Waals surface area contributed by atoms with Gasteiger partial charge in [-0.15, -0.1) is 0 Å². The summed E-state index contributed by atoms with van der Waals surface area (Å²) in [6.07, 6.45) is 0.318. The molecule has 0 amide bonds. The Labute approximate surface area is 80.1 Å². The molecule has 13 heavy (non-hydrogen) atoms. The molecular weight excluding hydrogens is 184 g/mol. The second-order valence-corrected chi connectivity index (χ2v) is 4.95. The van der Waals surface area contributed by atoms with Crippen LogP contribution in [0.3, 0.4) is 0 Å². The first-order valence-corrected chi connectivity index (χ1v) is 5.24. The van der Waals surface area contributed by atoms with Crippen LogP contribution in [0.2, 0.25) is 0 Å². The Hall–Kier alpha value is -1.13. The molecule has 0 aromatic carbocycles. The van der Waals surface area contributed by atoms with E-state index in [-0.39, 0.29) is 0 Å². The van der Waals surface area contributed by atoms with Gasteiger partial charge in [-0.05, 0) is 13.8 Å². The van der Waals surface area contributed by atoms with Gasteiger partial charge in [0.1, 0.15) is 0 Å². The summed E-state index contributed by atoms with van der Waals surface area (Å²) in [7, 11) is -1.37. The molecule has 0 bridgehead atoms. The monoisotopic (exact) mass is 194 g/mol. The van der Waals surface area contributed by atoms with Gasteiger partial charge >= 0.3 is 0 Å². The highest BCUT2D eigenvalue weighted by Crippen LogP contribution is 2.30. The third-order valence-corrected chi connectivity index (χ3v) is 4.14. The lowest BCUT2D eigenvalue weighted by Crippen LogP contribution is -2.36. The molecule has 4 heteroatoms. The second-order valence-electron chi connectivity index (χ2n) is 3.28. The third kappa shape index (κ3) is 1.50. The molecule has 1 aliphatic heterocycles. The molecule has 0 radical (unpaired) electrons. The Morgan fingerprint density at radius 3 is 2.31 bits per heavy atom. The first-order chi connectivity index (χ1) is 6.05. The van der Waals surface area contributed by atoms with Crippen molar-refractivity contribution >= 4 is 10.8 Å². The lowest BCUT2D eigenvalue weighted by atomic mass is 9.98. The van der Waals surface area contributed by atoms with E-state index < -0.39 is 15.5 Å². The number of hydrogen-bond donors (Lipinski definition) is 0. The smallest absolute Gasteiger partial charge is 0.221 e. The van der Waals surface area contributed by atoms with E-state index in [1.165, 1.54) is 0 Å². The number of nitriles is 2. The highest BCUT2D eigenvalue weighted by molar-refractivity contribution is 7.87. The van der Waals surface area contributed by atoms with E-state index in [0.717, 1.165) is 11.1 Å². The van der Waals surface area contributed by atoms with Gasteiger partial charge in [0.25, 0.3) is 0 Å². The van der Waals surface area contributed by atoms with Crippen LogP contribution in [0.5, 0.6) is 0 Å². The fourth-order valence-corrected chi connectivity index (χ4v) is 2.72. The molecule has 1 unspecified atom stereocenters. The summed E-state index contributed by atoms with van der Waals surface area (Å²) in [5.74, 6) is 0.354. The van der Waals surface area contributed by atoms with E-state index in [1.807, 2.05) is 26.0 Å². The minimum Gasteiger partial charge on any atom is -0.256 e. The van der Waals surface area contributed by atoms with Crippen LogP contribution in [0, 0.1) is 22.7 Å². The quantitative estimate of drug-likeness (QED) is 0.545. The van der Waals surface area contributed by atoms with Gasteiger partial charge in [-0.3, -0.25) is 4.21 Å². The lowest BCUT2D eigenvalue weighted by Gasteiger charge is -2.24. The number of nitrogens with zero attached hydrogens (tertiary/aromatic N) is 2. The van der Waals surface area contributed by atoms with Crippen molar-refractivity contribution in [1.82, 2.24) is 0 Å². The van der Waals surface area contributed by atoms with Gasteiger partial charge < -0.3 is 0 Å². The van der Waals surface area contributed by atoms with E-state index in [0.29, 0.717) is 12.2 Å². The van der Waals surface area contributed by atoms with Crippen molar-refractivity contribution in [3.8, 4) is 12.1 Å². The predicted octanol–water partition coefficient (Wildman–Crippen LogP) is 1.26. The Morgan fingerprint density at radius 2 is 1.85 bits per heavy atom. The Kier molecular flexibility index (Phi) is 2.54. The van der Waals surface area contributed by atoms with Gasteiger partial charge in [0, 0.05) is 12.2 Å². The van der Waals surface area contributed by atoms with Crippen molar-refractivity contribution in [1.29, 1.82) is 10.5 Å². The van der Waals surface area contributed by atoms with Crippen LogP contribution in [0.15, 0.2) is 11.1 Å². The lowest BCUT2D eigenvalue weighted by molar-refractivity contribution is 0.662. The molecule has 0 aliphatic carbocycles. The van der Waals surface area contributed by atoms with Gasteiger partial charge in [-0.1, -0.05) is 11.1 Å². The molecule has 0 saturated heterocycles. The molecule has 1 atom stereocenters.